The smallest absolute Gasteiger partial charge is 0.462 e. The molecule has 0 heterocycles. The van der Waals surface area contributed by atoms with Crippen LogP contribution in [0.4, 0.5) is 0 Å². The van der Waals surface area contributed by atoms with Crippen LogP contribution in [0.15, 0.2) is 0 Å². The van der Waals surface area contributed by atoms with Gasteiger partial charge in [0.25, 0.3) is 0 Å². The maximum Gasteiger partial charge on any atom is 0.472 e. The Kier molecular flexibility index (Phi) is 56.6. The van der Waals surface area contributed by atoms with Gasteiger partial charge in [0.05, 0.1) is 26.4 Å². The van der Waals surface area contributed by atoms with E-state index in [1.165, 1.54) is 122 Å². The van der Waals surface area contributed by atoms with Gasteiger partial charge in [-0.2, -0.15) is 0 Å². The number of phosphoric acid groups is 2. The van der Waals surface area contributed by atoms with Gasteiger partial charge < -0.3 is 33.8 Å². The van der Waals surface area contributed by atoms with E-state index < -0.39 is 97.5 Å². The number of phosphoric ester groups is 2. The van der Waals surface area contributed by atoms with Crippen molar-refractivity contribution in [1.29, 1.82) is 0 Å². The molecular weight excluding hydrogens is 1150 g/mol. The molecule has 0 aromatic rings. The van der Waals surface area contributed by atoms with Crippen LogP contribution in [-0.4, -0.2) is 96.7 Å². The van der Waals surface area contributed by atoms with Crippen LogP contribution in [0.5, 0.6) is 0 Å². The van der Waals surface area contributed by atoms with Crippen molar-refractivity contribution in [3.05, 3.63) is 0 Å². The third kappa shape index (κ3) is 60.1. The fourth-order valence-corrected chi connectivity index (χ4v) is 11.7. The van der Waals surface area contributed by atoms with Crippen LogP contribution in [-0.2, 0) is 65.4 Å². The van der Waals surface area contributed by atoms with Gasteiger partial charge in [-0.15, -0.1) is 0 Å². The molecule has 0 radical (unpaired) electrons. The summed E-state index contributed by atoms with van der Waals surface area (Å²) in [5.74, 6) is 0.814. The minimum Gasteiger partial charge on any atom is -0.462 e. The van der Waals surface area contributed by atoms with Gasteiger partial charge in [-0.25, -0.2) is 9.13 Å². The van der Waals surface area contributed by atoms with E-state index in [4.69, 9.17) is 37.0 Å². The molecule has 0 saturated carbocycles. The molecule has 0 bridgehead atoms. The normalized spacial score (nSPS) is 15.0. The third-order valence-electron chi connectivity index (χ3n) is 16.3. The molecule has 17 nitrogen and oxygen atoms in total. The van der Waals surface area contributed by atoms with E-state index >= 15 is 0 Å². The maximum absolute atomic E-state index is 13.0. The van der Waals surface area contributed by atoms with Crippen molar-refractivity contribution in [3.8, 4) is 0 Å². The number of carbonyl (C=O) groups is 4. The summed E-state index contributed by atoms with van der Waals surface area (Å²) in [6, 6.07) is 0. The molecule has 0 amide bonds. The summed E-state index contributed by atoms with van der Waals surface area (Å²) >= 11 is 0. The fourth-order valence-electron chi connectivity index (χ4n) is 10.1. The minimum absolute atomic E-state index is 0.102. The molecule has 0 aliphatic heterocycles. The Morgan fingerprint density at radius 1 is 0.322 bits per heavy atom. The monoisotopic (exact) mass is 1280 g/mol. The van der Waals surface area contributed by atoms with Crippen molar-refractivity contribution >= 4 is 39.5 Å². The molecule has 0 aliphatic carbocycles. The highest BCUT2D eigenvalue weighted by atomic mass is 31.2. The van der Waals surface area contributed by atoms with Crippen LogP contribution < -0.4 is 0 Å². The van der Waals surface area contributed by atoms with Gasteiger partial charge in [-0.3, -0.25) is 37.3 Å². The van der Waals surface area contributed by atoms with Crippen molar-refractivity contribution in [2.24, 2.45) is 23.7 Å². The Hall–Kier alpha value is -1.94. The van der Waals surface area contributed by atoms with Crippen LogP contribution in [0.25, 0.3) is 0 Å². The molecule has 0 aliphatic rings. The molecule has 4 unspecified atom stereocenters. The largest absolute Gasteiger partial charge is 0.472 e. The second-order valence-corrected chi connectivity index (χ2v) is 28.9. The zero-order chi connectivity index (χ0) is 64.7. The SMILES string of the molecule is CCC(C)CCCCCCCCC(=O)OC[C@H](COP(=O)(O)OC[C@H](O)COP(=O)(O)OC[C@@H](COC(=O)CCCCCCCCCC(C)C)OC(=O)CCCCCCCCC(C)CC)OC(=O)CCCCCCCCCCCCCCCCC(C)C. The molecule has 0 aromatic carbocycles. The lowest BCUT2D eigenvalue weighted by atomic mass is 10.00. The third-order valence-corrected chi connectivity index (χ3v) is 18.2. The van der Waals surface area contributed by atoms with Crippen molar-refractivity contribution < 1.29 is 80.2 Å². The summed E-state index contributed by atoms with van der Waals surface area (Å²) in [5.41, 5.74) is 0. The van der Waals surface area contributed by atoms with Crippen LogP contribution in [0.3, 0.4) is 0 Å². The Labute approximate surface area is 530 Å². The summed E-state index contributed by atoms with van der Waals surface area (Å²) in [6.07, 6.45) is 39.1. The first kappa shape index (κ1) is 85.1. The number of unbranched alkanes of at least 4 members (excludes halogenated alkanes) is 29. The molecule has 516 valence electrons. The zero-order valence-electron chi connectivity index (χ0n) is 56.6. The molecule has 0 aromatic heterocycles. The van der Waals surface area contributed by atoms with E-state index in [0.717, 1.165) is 120 Å². The van der Waals surface area contributed by atoms with Crippen LogP contribution in [0.1, 0.15) is 331 Å². The van der Waals surface area contributed by atoms with Gasteiger partial charge in [0.2, 0.25) is 0 Å². The summed E-state index contributed by atoms with van der Waals surface area (Å²) in [5, 5.41) is 10.6. The quantitative estimate of drug-likeness (QED) is 0.0222. The molecule has 3 N–H and O–H groups in total. The Balaban J connectivity index is 5.23. The summed E-state index contributed by atoms with van der Waals surface area (Å²) < 4.78 is 68.1. The Morgan fingerprint density at radius 3 is 0.816 bits per heavy atom. The first-order chi connectivity index (χ1) is 41.7. The second kappa shape index (κ2) is 57.9. The summed E-state index contributed by atoms with van der Waals surface area (Å²) in [6.45, 7) is 14.0. The van der Waals surface area contributed by atoms with Crippen LogP contribution in [0.2, 0.25) is 0 Å². The number of hydrogen-bond acceptors (Lipinski definition) is 15. The summed E-state index contributed by atoms with van der Waals surface area (Å²) in [7, 11) is -9.90. The minimum atomic E-state index is -4.95. The van der Waals surface area contributed by atoms with Crippen LogP contribution in [0, 0.1) is 23.7 Å². The molecule has 87 heavy (non-hydrogen) atoms. The van der Waals surface area contributed by atoms with Gasteiger partial charge >= 0.3 is 39.5 Å². The summed E-state index contributed by atoms with van der Waals surface area (Å²) in [4.78, 5) is 72.4. The Bertz CT molecular complexity index is 1730. The maximum atomic E-state index is 13.0. The predicted molar refractivity (Wildman–Crippen MR) is 349 cm³/mol. The van der Waals surface area contributed by atoms with E-state index in [1.54, 1.807) is 0 Å². The highest BCUT2D eigenvalue weighted by Crippen LogP contribution is 2.45. The highest BCUT2D eigenvalue weighted by molar-refractivity contribution is 7.47. The molecule has 0 spiro atoms. The van der Waals surface area contributed by atoms with Gasteiger partial charge in [0.1, 0.15) is 19.3 Å². The second-order valence-electron chi connectivity index (χ2n) is 26.0. The van der Waals surface area contributed by atoms with E-state index in [-0.39, 0.29) is 25.7 Å². The van der Waals surface area contributed by atoms with Crippen LogP contribution >= 0.6 is 15.6 Å². The number of rotatable bonds is 65. The van der Waals surface area contributed by atoms with E-state index in [1.807, 2.05) is 0 Å². The number of hydrogen-bond donors (Lipinski definition) is 3. The molecule has 7 atom stereocenters. The van der Waals surface area contributed by atoms with Crippen molar-refractivity contribution in [1.82, 2.24) is 0 Å². The van der Waals surface area contributed by atoms with Gasteiger partial charge in [0, 0.05) is 25.7 Å². The average Bonchev–Trinajstić information content (AvgIpc) is 3.63. The van der Waals surface area contributed by atoms with E-state index in [9.17, 15) is 43.2 Å². The molecule has 0 saturated heterocycles. The lowest BCUT2D eigenvalue weighted by Gasteiger charge is -2.21. The predicted octanol–water partition coefficient (Wildman–Crippen LogP) is 18.9. The molecule has 0 fully saturated rings. The molecular formula is C68H132O17P2. The van der Waals surface area contributed by atoms with Gasteiger partial charge in [-0.1, -0.05) is 280 Å². The number of aliphatic hydroxyl groups is 1. The number of esters is 4. The first-order valence-corrected chi connectivity index (χ1v) is 38.3. The van der Waals surface area contributed by atoms with Gasteiger partial charge in [-0.05, 0) is 49.4 Å². The van der Waals surface area contributed by atoms with E-state index in [0.29, 0.717) is 31.6 Å². The highest BCUT2D eigenvalue weighted by Gasteiger charge is 2.30. The molecule has 19 heteroatoms. The van der Waals surface area contributed by atoms with Crippen molar-refractivity contribution in [2.75, 3.05) is 39.6 Å². The first-order valence-electron chi connectivity index (χ1n) is 35.3. The van der Waals surface area contributed by atoms with Crippen molar-refractivity contribution in [3.63, 3.8) is 0 Å². The average molecular weight is 1280 g/mol. The van der Waals surface area contributed by atoms with Gasteiger partial charge in [0.15, 0.2) is 12.2 Å². The topological polar surface area (TPSA) is 237 Å². The zero-order valence-corrected chi connectivity index (χ0v) is 58.4. The fraction of sp³-hybridized carbons (Fsp3) is 0.941. The number of ether oxygens (including phenoxy) is 4. The lowest BCUT2D eigenvalue weighted by Crippen LogP contribution is -2.30. The number of aliphatic hydroxyl groups excluding tert-OH is 1. The van der Waals surface area contributed by atoms with E-state index in [2.05, 4.69) is 55.4 Å². The van der Waals surface area contributed by atoms with Crippen molar-refractivity contribution in [2.45, 2.75) is 350 Å². The Morgan fingerprint density at radius 2 is 0.552 bits per heavy atom. The molecule has 0 rings (SSSR count). The standard InChI is InChI=1S/C68H132O17P2/c1-9-60(7)46-38-30-24-26-33-41-49-66(71)79-55-63(84-67(72)50-42-34-22-18-16-14-12-11-13-15-17-20-28-36-44-58(3)4)56-82-86(74,75)80-52-62(69)53-81-87(76,77)83-57-64(85-68(73)51-43-35-27-25-31-39-47-61(8)10-2)54-78-65(70)48-40-32-23-19-21-29-37-45-59(5)6/h58-64,69H,9-57H2,1-8H3,(H,74,75)(H,76,77)/t60?,61?,62-,63+,64+/m0/s1. The lowest BCUT2D eigenvalue weighted by molar-refractivity contribution is -0.161. The number of carbonyl (C=O) groups excluding carboxylic acids is 4.